The van der Waals surface area contributed by atoms with Crippen molar-refractivity contribution in [3.05, 3.63) is 69.0 Å². The number of aryl methyl sites for hydroxylation is 3. The van der Waals surface area contributed by atoms with Crippen LogP contribution >= 0.6 is 11.3 Å². The van der Waals surface area contributed by atoms with Gasteiger partial charge in [-0.1, -0.05) is 29.8 Å². The van der Waals surface area contributed by atoms with Crippen molar-refractivity contribution in [2.45, 2.75) is 34.2 Å². The van der Waals surface area contributed by atoms with Gasteiger partial charge in [0.1, 0.15) is 12.2 Å². The summed E-state index contributed by atoms with van der Waals surface area (Å²) in [7, 11) is 0. The summed E-state index contributed by atoms with van der Waals surface area (Å²) in [4.78, 5) is 41.5. The SMILES string of the molecule is CC(=O)Nc1cccc(NC(=O)Cn2nc(-c3ccc(C)cc3C)c3sc(C)nc3c2=O)c1. The Kier molecular flexibility index (Phi) is 6.06. The molecule has 0 bridgehead atoms. The molecule has 0 saturated carbocycles. The van der Waals surface area contributed by atoms with Gasteiger partial charge in [0.05, 0.1) is 9.71 Å². The van der Waals surface area contributed by atoms with Crippen LogP contribution in [0, 0.1) is 20.8 Å². The first-order valence-corrected chi connectivity index (χ1v) is 11.2. The normalized spacial score (nSPS) is 10.9. The smallest absolute Gasteiger partial charge is 0.294 e. The number of carbonyl (C=O) groups is 2. The number of aromatic nitrogens is 3. The number of amides is 2. The minimum Gasteiger partial charge on any atom is -0.326 e. The van der Waals surface area contributed by atoms with Gasteiger partial charge >= 0.3 is 0 Å². The summed E-state index contributed by atoms with van der Waals surface area (Å²) in [6.07, 6.45) is 0. The van der Waals surface area contributed by atoms with Gasteiger partial charge in [-0.15, -0.1) is 11.3 Å². The zero-order valence-electron chi connectivity index (χ0n) is 18.7. The number of carbonyl (C=O) groups excluding carboxylic acids is 2. The van der Waals surface area contributed by atoms with Crippen molar-refractivity contribution in [1.29, 1.82) is 0 Å². The first kappa shape index (κ1) is 22.3. The summed E-state index contributed by atoms with van der Waals surface area (Å²) in [5.41, 5.74) is 4.64. The molecular weight excluding hydrogens is 438 g/mol. The molecule has 2 heterocycles. The molecule has 33 heavy (non-hydrogen) atoms. The molecule has 8 nitrogen and oxygen atoms in total. The average Bonchev–Trinajstić information content (AvgIpc) is 3.12. The van der Waals surface area contributed by atoms with Crippen LogP contribution in [-0.2, 0) is 16.1 Å². The zero-order chi connectivity index (χ0) is 23.7. The van der Waals surface area contributed by atoms with Crippen molar-refractivity contribution in [3.63, 3.8) is 0 Å². The zero-order valence-corrected chi connectivity index (χ0v) is 19.5. The molecule has 168 valence electrons. The minimum absolute atomic E-state index is 0.208. The van der Waals surface area contributed by atoms with Crippen LogP contribution in [0.1, 0.15) is 23.1 Å². The Bertz CT molecular complexity index is 1450. The van der Waals surface area contributed by atoms with Crippen molar-refractivity contribution in [2.75, 3.05) is 10.6 Å². The van der Waals surface area contributed by atoms with E-state index in [2.05, 4.69) is 26.8 Å². The number of anilines is 2. The van der Waals surface area contributed by atoms with E-state index in [0.717, 1.165) is 26.4 Å². The first-order valence-electron chi connectivity index (χ1n) is 10.3. The Hall–Kier alpha value is -3.85. The molecular formula is C24H23N5O3S. The van der Waals surface area contributed by atoms with E-state index in [0.29, 0.717) is 27.3 Å². The van der Waals surface area contributed by atoms with Crippen molar-refractivity contribution in [3.8, 4) is 11.3 Å². The third kappa shape index (κ3) is 4.83. The first-order chi connectivity index (χ1) is 15.7. The van der Waals surface area contributed by atoms with Crippen LogP contribution in [0.5, 0.6) is 0 Å². The van der Waals surface area contributed by atoms with E-state index in [-0.39, 0.29) is 12.5 Å². The number of nitrogens with one attached hydrogen (secondary N) is 2. The molecule has 4 aromatic rings. The molecule has 0 aliphatic heterocycles. The number of benzene rings is 2. The molecule has 0 aliphatic rings. The maximum absolute atomic E-state index is 13.0. The van der Waals surface area contributed by atoms with E-state index in [1.54, 1.807) is 24.3 Å². The van der Waals surface area contributed by atoms with Crippen LogP contribution in [0.2, 0.25) is 0 Å². The van der Waals surface area contributed by atoms with Crippen LogP contribution in [0.4, 0.5) is 11.4 Å². The fourth-order valence-electron chi connectivity index (χ4n) is 3.64. The molecule has 2 N–H and O–H groups in total. The molecule has 0 saturated heterocycles. The summed E-state index contributed by atoms with van der Waals surface area (Å²) >= 11 is 1.42. The summed E-state index contributed by atoms with van der Waals surface area (Å²) < 4.78 is 1.87. The van der Waals surface area contributed by atoms with Gasteiger partial charge in [0.2, 0.25) is 11.8 Å². The molecule has 0 spiro atoms. The van der Waals surface area contributed by atoms with Crippen LogP contribution in [-0.4, -0.2) is 26.6 Å². The van der Waals surface area contributed by atoms with Gasteiger partial charge < -0.3 is 10.6 Å². The largest absolute Gasteiger partial charge is 0.326 e. The highest BCUT2D eigenvalue weighted by Crippen LogP contribution is 2.31. The van der Waals surface area contributed by atoms with Crippen LogP contribution in [0.3, 0.4) is 0 Å². The van der Waals surface area contributed by atoms with Crippen molar-refractivity contribution in [1.82, 2.24) is 14.8 Å². The van der Waals surface area contributed by atoms with Crippen molar-refractivity contribution in [2.24, 2.45) is 0 Å². The van der Waals surface area contributed by atoms with Crippen LogP contribution in [0.15, 0.2) is 47.3 Å². The maximum atomic E-state index is 13.0. The molecule has 0 atom stereocenters. The lowest BCUT2D eigenvalue weighted by molar-refractivity contribution is -0.117. The highest BCUT2D eigenvalue weighted by Gasteiger charge is 2.19. The second kappa shape index (κ2) is 8.95. The maximum Gasteiger partial charge on any atom is 0.294 e. The number of thiazole rings is 1. The standard InChI is InChI=1S/C24H23N5O3S/c1-13-8-9-19(14(2)10-13)21-23-22(26-16(4)33-23)24(32)29(28-21)12-20(31)27-18-7-5-6-17(11-18)25-15(3)30/h5-11H,12H2,1-4H3,(H,25,30)(H,27,31). The quantitative estimate of drug-likeness (QED) is 0.467. The second-order valence-corrected chi connectivity index (χ2v) is 9.05. The fourth-order valence-corrected chi connectivity index (χ4v) is 4.55. The third-order valence-electron chi connectivity index (χ3n) is 5.00. The number of hydrogen-bond donors (Lipinski definition) is 2. The topological polar surface area (TPSA) is 106 Å². The minimum atomic E-state index is -0.414. The van der Waals surface area contributed by atoms with E-state index in [9.17, 15) is 14.4 Å². The predicted octanol–water partition coefficient (Wildman–Crippen LogP) is 4.04. The Labute approximate surface area is 194 Å². The molecule has 0 fully saturated rings. The Morgan fingerprint density at radius 3 is 2.45 bits per heavy atom. The lowest BCUT2D eigenvalue weighted by atomic mass is 10.0. The van der Waals surface area contributed by atoms with Crippen molar-refractivity contribution < 1.29 is 9.59 Å². The van der Waals surface area contributed by atoms with Gasteiger partial charge in [0.15, 0.2) is 5.52 Å². The van der Waals surface area contributed by atoms with Gasteiger partial charge in [0.25, 0.3) is 5.56 Å². The van der Waals surface area contributed by atoms with Crippen LogP contribution in [0.25, 0.3) is 21.5 Å². The highest BCUT2D eigenvalue weighted by molar-refractivity contribution is 7.19. The van der Waals surface area contributed by atoms with E-state index >= 15 is 0 Å². The predicted molar refractivity (Wildman–Crippen MR) is 131 cm³/mol. The highest BCUT2D eigenvalue weighted by atomic mass is 32.1. The molecule has 0 radical (unpaired) electrons. The van der Waals surface area contributed by atoms with Gasteiger partial charge in [-0.05, 0) is 44.5 Å². The Morgan fingerprint density at radius 1 is 1.03 bits per heavy atom. The van der Waals surface area contributed by atoms with Crippen LogP contribution < -0.4 is 16.2 Å². The molecule has 9 heteroatoms. The fraction of sp³-hybridized carbons (Fsp3) is 0.208. The lowest BCUT2D eigenvalue weighted by Crippen LogP contribution is -2.30. The molecule has 2 aromatic heterocycles. The van der Waals surface area contributed by atoms with Gasteiger partial charge in [-0.25, -0.2) is 9.67 Å². The molecule has 2 aromatic carbocycles. The summed E-state index contributed by atoms with van der Waals surface area (Å²) in [6, 6.07) is 12.8. The summed E-state index contributed by atoms with van der Waals surface area (Å²) in [6.45, 7) is 6.99. The monoisotopic (exact) mass is 461 g/mol. The van der Waals surface area contributed by atoms with Crippen molar-refractivity contribution >= 4 is 44.7 Å². The van der Waals surface area contributed by atoms with E-state index in [1.807, 2.05) is 32.9 Å². The number of rotatable bonds is 5. The van der Waals surface area contributed by atoms with Gasteiger partial charge in [-0.3, -0.25) is 14.4 Å². The molecule has 2 amide bonds. The number of hydrogen-bond acceptors (Lipinski definition) is 6. The number of nitrogens with zero attached hydrogens (tertiary/aromatic N) is 3. The molecule has 4 rings (SSSR count). The third-order valence-corrected chi connectivity index (χ3v) is 5.98. The Morgan fingerprint density at radius 2 is 1.76 bits per heavy atom. The lowest BCUT2D eigenvalue weighted by Gasteiger charge is -2.12. The summed E-state index contributed by atoms with van der Waals surface area (Å²) in [5, 5.41) is 10.8. The van der Waals surface area contributed by atoms with Gasteiger partial charge in [0, 0.05) is 23.9 Å². The van der Waals surface area contributed by atoms with Gasteiger partial charge in [-0.2, -0.15) is 5.10 Å². The second-order valence-electron chi connectivity index (χ2n) is 7.85. The van der Waals surface area contributed by atoms with E-state index < -0.39 is 11.5 Å². The Balaban J connectivity index is 1.70. The average molecular weight is 462 g/mol. The van der Waals surface area contributed by atoms with E-state index in [4.69, 9.17) is 0 Å². The molecule has 0 aliphatic carbocycles. The number of fused-ring (bicyclic) bond motifs is 1. The summed E-state index contributed by atoms with van der Waals surface area (Å²) in [5.74, 6) is -0.623. The molecule has 0 unspecified atom stereocenters. The van der Waals surface area contributed by atoms with E-state index in [1.165, 1.54) is 18.3 Å².